The molecule has 0 saturated carbocycles. The fraction of sp³-hybridized carbons (Fsp3) is 0.278. The van der Waals surface area contributed by atoms with Gasteiger partial charge in [-0.15, -0.1) is 0 Å². The number of carbonyl (C=O) groups is 1. The van der Waals surface area contributed by atoms with Gasteiger partial charge in [-0.05, 0) is 61.1 Å². The number of fused-ring (bicyclic) bond motifs is 1. The van der Waals surface area contributed by atoms with E-state index in [4.69, 9.17) is 0 Å². The maximum absolute atomic E-state index is 12.6. The van der Waals surface area contributed by atoms with Crippen molar-refractivity contribution in [2.75, 3.05) is 5.32 Å². The zero-order valence-electron chi connectivity index (χ0n) is 12.0. The maximum Gasteiger partial charge on any atom is 0.231 e. The molecule has 2 aromatic rings. The van der Waals surface area contributed by atoms with Gasteiger partial charge in [-0.25, -0.2) is 0 Å². The monoisotopic (exact) mass is 343 g/mol. The van der Waals surface area contributed by atoms with Crippen molar-refractivity contribution in [3.63, 3.8) is 0 Å². The molecule has 0 radical (unpaired) electrons. The smallest absolute Gasteiger partial charge is 0.231 e. The van der Waals surface area contributed by atoms with E-state index >= 15 is 0 Å². The van der Waals surface area contributed by atoms with Crippen LogP contribution in [0.4, 0.5) is 5.69 Å². The largest absolute Gasteiger partial charge is 0.326 e. The number of amides is 1. The van der Waals surface area contributed by atoms with Crippen LogP contribution in [-0.2, 0) is 11.2 Å². The first-order chi connectivity index (χ1) is 10.1. The van der Waals surface area contributed by atoms with Gasteiger partial charge in [-0.2, -0.15) is 0 Å². The lowest BCUT2D eigenvalue weighted by Gasteiger charge is -2.24. The minimum Gasteiger partial charge on any atom is -0.326 e. The average molecular weight is 344 g/mol. The number of hydrogen-bond acceptors (Lipinski definition) is 1. The fourth-order valence-corrected chi connectivity index (χ4v) is 3.67. The summed E-state index contributed by atoms with van der Waals surface area (Å²) in [4.78, 5) is 12.6. The molecule has 0 aromatic heterocycles. The van der Waals surface area contributed by atoms with Crippen molar-refractivity contribution >= 4 is 27.5 Å². The molecule has 2 nitrogen and oxygen atoms in total. The molecule has 3 rings (SSSR count). The highest BCUT2D eigenvalue weighted by Crippen LogP contribution is 2.32. The van der Waals surface area contributed by atoms with Gasteiger partial charge in [0.05, 0.1) is 5.92 Å². The predicted molar refractivity (Wildman–Crippen MR) is 89.6 cm³/mol. The third-order valence-corrected chi connectivity index (χ3v) is 4.45. The van der Waals surface area contributed by atoms with Crippen molar-refractivity contribution in [2.24, 2.45) is 0 Å². The Morgan fingerprint density at radius 3 is 2.86 bits per heavy atom. The fourth-order valence-electron chi connectivity index (χ4n) is 3.06. The first kappa shape index (κ1) is 14.3. The Balaban J connectivity index is 1.83. The van der Waals surface area contributed by atoms with E-state index in [9.17, 15) is 4.79 Å². The van der Waals surface area contributed by atoms with Gasteiger partial charge >= 0.3 is 0 Å². The van der Waals surface area contributed by atoms with Gasteiger partial charge in [0.15, 0.2) is 0 Å². The number of benzene rings is 2. The number of aryl methyl sites for hydroxylation is 2. The Morgan fingerprint density at radius 1 is 1.24 bits per heavy atom. The standard InChI is InChI=1S/C18H18BrNO/c1-12-9-14(19)11-15(10-12)20-18(21)17-8-4-6-13-5-2-3-7-16(13)17/h2-3,5,7,9-11,17H,4,6,8H2,1H3,(H,20,21). The summed E-state index contributed by atoms with van der Waals surface area (Å²) in [5.74, 6) is 0.0638. The molecule has 2 aromatic carbocycles. The molecule has 0 aliphatic heterocycles. The minimum absolute atomic E-state index is 0.0331. The maximum atomic E-state index is 12.6. The molecule has 3 heteroatoms. The van der Waals surface area contributed by atoms with Gasteiger partial charge in [0.25, 0.3) is 0 Å². The zero-order chi connectivity index (χ0) is 14.8. The predicted octanol–water partition coefficient (Wildman–Crippen LogP) is 4.82. The number of carbonyl (C=O) groups excluding carboxylic acids is 1. The highest BCUT2D eigenvalue weighted by atomic mass is 79.9. The zero-order valence-corrected chi connectivity index (χ0v) is 13.6. The number of halogens is 1. The van der Waals surface area contributed by atoms with E-state index < -0.39 is 0 Å². The van der Waals surface area contributed by atoms with Crippen LogP contribution in [0.2, 0.25) is 0 Å². The van der Waals surface area contributed by atoms with Crippen LogP contribution in [0, 0.1) is 6.92 Å². The number of anilines is 1. The van der Waals surface area contributed by atoms with Gasteiger partial charge in [-0.1, -0.05) is 40.2 Å². The molecule has 0 bridgehead atoms. The summed E-state index contributed by atoms with van der Waals surface area (Å²) in [5.41, 5.74) is 4.49. The molecule has 1 N–H and O–H groups in total. The Bertz CT molecular complexity index is 660. The van der Waals surface area contributed by atoms with Crippen LogP contribution < -0.4 is 5.32 Å². The van der Waals surface area contributed by atoms with Crippen LogP contribution in [-0.4, -0.2) is 5.91 Å². The highest BCUT2D eigenvalue weighted by molar-refractivity contribution is 9.10. The van der Waals surface area contributed by atoms with Crippen molar-refractivity contribution in [1.82, 2.24) is 0 Å². The molecule has 1 aliphatic carbocycles. The second kappa shape index (κ2) is 6.02. The molecule has 108 valence electrons. The first-order valence-electron chi connectivity index (χ1n) is 7.29. The molecular formula is C18H18BrNO. The van der Waals surface area contributed by atoms with E-state index in [1.165, 1.54) is 11.1 Å². The lowest BCUT2D eigenvalue weighted by atomic mass is 9.82. The van der Waals surface area contributed by atoms with Crippen LogP contribution in [0.3, 0.4) is 0 Å². The van der Waals surface area contributed by atoms with E-state index in [1.807, 2.05) is 31.2 Å². The molecule has 1 amide bonds. The summed E-state index contributed by atoms with van der Waals surface area (Å²) < 4.78 is 0.988. The van der Waals surface area contributed by atoms with Gasteiger partial charge in [0.1, 0.15) is 0 Å². The summed E-state index contributed by atoms with van der Waals surface area (Å²) in [6.07, 6.45) is 3.08. The van der Waals surface area contributed by atoms with Crippen molar-refractivity contribution in [2.45, 2.75) is 32.1 Å². The first-order valence-corrected chi connectivity index (χ1v) is 8.08. The summed E-state index contributed by atoms with van der Waals surface area (Å²) in [6.45, 7) is 2.02. The number of hydrogen-bond donors (Lipinski definition) is 1. The van der Waals surface area contributed by atoms with Gasteiger partial charge < -0.3 is 5.32 Å². The van der Waals surface area contributed by atoms with Gasteiger partial charge in [0.2, 0.25) is 5.91 Å². The Kier molecular flexibility index (Phi) is 4.11. The summed E-state index contributed by atoms with van der Waals surface area (Å²) >= 11 is 3.47. The third-order valence-electron chi connectivity index (χ3n) is 4.00. The van der Waals surface area contributed by atoms with Gasteiger partial charge in [0, 0.05) is 10.2 Å². The SMILES string of the molecule is Cc1cc(Br)cc(NC(=O)C2CCCc3ccccc32)c1. The summed E-state index contributed by atoms with van der Waals surface area (Å²) in [5, 5.41) is 3.07. The van der Waals surface area contributed by atoms with Crippen molar-refractivity contribution in [3.05, 3.63) is 63.6 Å². The van der Waals surface area contributed by atoms with Crippen molar-refractivity contribution in [3.8, 4) is 0 Å². The quantitative estimate of drug-likeness (QED) is 0.832. The van der Waals surface area contributed by atoms with E-state index in [0.717, 1.165) is 35.0 Å². The molecule has 1 unspecified atom stereocenters. The molecule has 0 saturated heterocycles. The molecule has 1 atom stereocenters. The second-order valence-corrected chi connectivity index (χ2v) is 6.57. The van der Waals surface area contributed by atoms with Crippen LogP contribution in [0.15, 0.2) is 46.9 Å². The molecular weight excluding hydrogens is 326 g/mol. The van der Waals surface area contributed by atoms with Crippen molar-refractivity contribution < 1.29 is 4.79 Å². The highest BCUT2D eigenvalue weighted by Gasteiger charge is 2.26. The second-order valence-electron chi connectivity index (χ2n) is 5.65. The van der Waals surface area contributed by atoms with E-state index in [-0.39, 0.29) is 11.8 Å². The topological polar surface area (TPSA) is 29.1 Å². The van der Waals surface area contributed by atoms with Crippen LogP contribution in [0.25, 0.3) is 0 Å². The molecule has 0 heterocycles. The number of rotatable bonds is 2. The Morgan fingerprint density at radius 2 is 2.05 bits per heavy atom. The van der Waals surface area contributed by atoms with Crippen LogP contribution >= 0.6 is 15.9 Å². The average Bonchev–Trinajstić information content (AvgIpc) is 2.45. The summed E-state index contributed by atoms with van der Waals surface area (Å²) in [6, 6.07) is 14.3. The Hall–Kier alpha value is -1.61. The molecule has 1 aliphatic rings. The van der Waals surface area contributed by atoms with Crippen LogP contribution in [0.5, 0.6) is 0 Å². The summed E-state index contributed by atoms with van der Waals surface area (Å²) in [7, 11) is 0. The van der Waals surface area contributed by atoms with E-state index in [2.05, 4.69) is 39.4 Å². The van der Waals surface area contributed by atoms with Gasteiger partial charge in [-0.3, -0.25) is 4.79 Å². The van der Waals surface area contributed by atoms with Crippen molar-refractivity contribution in [1.29, 1.82) is 0 Å². The van der Waals surface area contributed by atoms with E-state index in [0.29, 0.717) is 0 Å². The minimum atomic E-state index is -0.0331. The Labute approximate surface area is 133 Å². The molecule has 0 spiro atoms. The number of nitrogens with one attached hydrogen (secondary N) is 1. The van der Waals surface area contributed by atoms with Crippen LogP contribution in [0.1, 0.15) is 35.4 Å². The third kappa shape index (κ3) is 3.18. The molecule has 21 heavy (non-hydrogen) atoms. The normalized spacial score (nSPS) is 17.1. The molecule has 0 fully saturated rings. The lowest BCUT2D eigenvalue weighted by molar-refractivity contribution is -0.117. The van der Waals surface area contributed by atoms with E-state index in [1.54, 1.807) is 0 Å². The lowest BCUT2D eigenvalue weighted by Crippen LogP contribution is -2.24.